The van der Waals surface area contributed by atoms with E-state index >= 15 is 0 Å². The minimum Gasteiger partial charge on any atom is -0.323 e. The highest BCUT2D eigenvalue weighted by Gasteiger charge is 2.25. The Morgan fingerprint density at radius 3 is 2.00 bits per heavy atom. The van der Waals surface area contributed by atoms with E-state index in [1.807, 2.05) is 0 Å². The molecule has 0 bridgehead atoms. The number of hydrogen-bond donors (Lipinski definition) is 1. The smallest absolute Gasteiger partial charge is 0.0424 e. The molecule has 2 heteroatoms. The first-order chi connectivity index (χ1) is 9.61. The van der Waals surface area contributed by atoms with Crippen LogP contribution in [-0.4, -0.2) is 24.5 Å². The fraction of sp³-hybridized carbons (Fsp3) is 0.684. The molecule has 2 N–H and O–H groups in total. The van der Waals surface area contributed by atoms with E-state index in [0.29, 0.717) is 12.0 Å². The number of nitrogens with zero attached hydrogens (tertiary/aromatic N) is 1. The van der Waals surface area contributed by atoms with Gasteiger partial charge in [0.25, 0.3) is 0 Å². The summed E-state index contributed by atoms with van der Waals surface area (Å²) in [7, 11) is 2.17. The van der Waals surface area contributed by atoms with E-state index in [-0.39, 0.29) is 11.5 Å². The van der Waals surface area contributed by atoms with Crippen LogP contribution in [-0.2, 0) is 6.42 Å². The molecule has 2 atom stereocenters. The highest BCUT2D eigenvalue weighted by atomic mass is 15.1. The molecule has 0 heterocycles. The molecular weight excluding hydrogens is 256 g/mol. The second-order valence-electron chi connectivity index (χ2n) is 7.93. The molecule has 120 valence electrons. The van der Waals surface area contributed by atoms with Crippen molar-refractivity contribution < 1.29 is 0 Å². The van der Waals surface area contributed by atoms with Crippen LogP contribution in [0.25, 0.3) is 0 Å². The Balaban J connectivity index is 2.65. The van der Waals surface area contributed by atoms with Crippen molar-refractivity contribution in [2.45, 2.75) is 60.0 Å². The lowest BCUT2D eigenvalue weighted by molar-refractivity contribution is 0.134. The third-order valence-electron chi connectivity index (χ3n) is 4.45. The number of likely N-dealkylation sites (N-methyl/N-ethyl adjacent to an activating group) is 1. The van der Waals surface area contributed by atoms with E-state index in [0.717, 1.165) is 13.0 Å². The zero-order chi connectivity index (χ0) is 16.2. The van der Waals surface area contributed by atoms with Crippen molar-refractivity contribution in [2.75, 3.05) is 13.6 Å². The van der Waals surface area contributed by atoms with Crippen LogP contribution in [0.1, 0.15) is 58.7 Å². The number of hydrogen-bond acceptors (Lipinski definition) is 2. The summed E-state index contributed by atoms with van der Waals surface area (Å²) in [5.74, 6) is 0.697. The molecule has 0 radical (unpaired) electrons. The maximum Gasteiger partial charge on any atom is 0.0424 e. The topological polar surface area (TPSA) is 29.3 Å². The van der Waals surface area contributed by atoms with Gasteiger partial charge in [-0.3, -0.25) is 0 Å². The summed E-state index contributed by atoms with van der Waals surface area (Å²) in [6.07, 6.45) is 1.14. The van der Waals surface area contributed by atoms with Gasteiger partial charge in [-0.15, -0.1) is 0 Å². The van der Waals surface area contributed by atoms with Crippen LogP contribution in [0.5, 0.6) is 0 Å². The van der Waals surface area contributed by atoms with Crippen LogP contribution in [0.4, 0.5) is 0 Å². The van der Waals surface area contributed by atoms with Crippen molar-refractivity contribution in [3.8, 4) is 0 Å². The maximum absolute atomic E-state index is 6.39. The van der Waals surface area contributed by atoms with Crippen LogP contribution in [0.3, 0.4) is 0 Å². The second-order valence-corrected chi connectivity index (χ2v) is 7.93. The van der Waals surface area contributed by atoms with Crippen molar-refractivity contribution in [3.05, 3.63) is 35.4 Å². The molecule has 0 amide bonds. The SMILES string of the molecule is CC(C)Cc1ccc(C(N)CN(C)C(C)C(C)(C)C)cc1. The molecule has 0 saturated heterocycles. The molecule has 21 heavy (non-hydrogen) atoms. The molecule has 0 aliphatic heterocycles. The van der Waals surface area contributed by atoms with E-state index in [9.17, 15) is 0 Å². The van der Waals surface area contributed by atoms with Crippen molar-refractivity contribution in [2.24, 2.45) is 17.1 Å². The summed E-state index contributed by atoms with van der Waals surface area (Å²) >= 11 is 0. The predicted molar refractivity (Wildman–Crippen MR) is 93.5 cm³/mol. The van der Waals surface area contributed by atoms with E-state index in [1.54, 1.807) is 0 Å². The Morgan fingerprint density at radius 2 is 1.57 bits per heavy atom. The van der Waals surface area contributed by atoms with Crippen LogP contribution in [0, 0.1) is 11.3 Å². The molecule has 0 fully saturated rings. The zero-order valence-electron chi connectivity index (χ0n) is 15.0. The standard InChI is InChI=1S/C19H34N2/c1-14(2)12-16-8-10-17(11-9-16)18(20)13-21(7)15(3)19(4,5)6/h8-11,14-15,18H,12-13,20H2,1-7H3. The minimum absolute atomic E-state index is 0.0768. The first kappa shape index (κ1) is 18.2. The summed E-state index contributed by atoms with van der Waals surface area (Å²) in [5, 5.41) is 0. The Bertz CT molecular complexity index is 414. The fourth-order valence-corrected chi connectivity index (χ4v) is 2.61. The summed E-state index contributed by atoms with van der Waals surface area (Å²) in [5.41, 5.74) is 9.29. The predicted octanol–water partition coefficient (Wildman–Crippen LogP) is 4.25. The third-order valence-corrected chi connectivity index (χ3v) is 4.45. The van der Waals surface area contributed by atoms with Crippen LogP contribution in [0.2, 0.25) is 0 Å². The first-order valence-corrected chi connectivity index (χ1v) is 8.16. The molecular formula is C19H34N2. The number of nitrogens with two attached hydrogens (primary N) is 1. The summed E-state index contributed by atoms with van der Waals surface area (Å²) < 4.78 is 0. The van der Waals surface area contributed by atoms with Gasteiger partial charge in [-0.25, -0.2) is 0 Å². The quantitative estimate of drug-likeness (QED) is 0.848. The van der Waals surface area contributed by atoms with Crippen LogP contribution < -0.4 is 5.73 Å². The van der Waals surface area contributed by atoms with Crippen molar-refractivity contribution in [1.82, 2.24) is 4.90 Å². The highest BCUT2D eigenvalue weighted by molar-refractivity contribution is 5.25. The summed E-state index contributed by atoms with van der Waals surface area (Å²) in [6, 6.07) is 9.41. The monoisotopic (exact) mass is 290 g/mol. The van der Waals surface area contributed by atoms with Gasteiger partial charge in [0.1, 0.15) is 0 Å². The van der Waals surface area contributed by atoms with Crippen molar-refractivity contribution >= 4 is 0 Å². The van der Waals surface area contributed by atoms with E-state index in [4.69, 9.17) is 5.73 Å². The Morgan fingerprint density at radius 1 is 1.05 bits per heavy atom. The second kappa shape index (κ2) is 7.42. The average Bonchev–Trinajstić information content (AvgIpc) is 2.36. The lowest BCUT2D eigenvalue weighted by atomic mass is 9.87. The molecule has 0 aromatic heterocycles. The minimum atomic E-state index is 0.0768. The van der Waals surface area contributed by atoms with Gasteiger partial charge in [0.05, 0.1) is 0 Å². The largest absolute Gasteiger partial charge is 0.323 e. The van der Waals surface area contributed by atoms with Gasteiger partial charge in [-0.1, -0.05) is 58.9 Å². The molecule has 0 saturated carbocycles. The van der Waals surface area contributed by atoms with Gasteiger partial charge in [0, 0.05) is 18.6 Å². The number of rotatable bonds is 6. The van der Waals surface area contributed by atoms with Gasteiger partial charge in [0.2, 0.25) is 0 Å². The Hall–Kier alpha value is -0.860. The first-order valence-electron chi connectivity index (χ1n) is 8.16. The molecule has 1 aromatic carbocycles. The fourth-order valence-electron chi connectivity index (χ4n) is 2.61. The van der Waals surface area contributed by atoms with Gasteiger partial charge in [-0.2, -0.15) is 0 Å². The van der Waals surface area contributed by atoms with Gasteiger partial charge < -0.3 is 10.6 Å². The number of benzene rings is 1. The Kier molecular flexibility index (Phi) is 6.42. The lowest BCUT2D eigenvalue weighted by Gasteiger charge is -2.36. The molecule has 0 spiro atoms. The van der Waals surface area contributed by atoms with Crippen LogP contribution in [0.15, 0.2) is 24.3 Å². The maximum atomic E-state index is 6.39. The van der Waals surface area contributed by atoms with E-state index in [2.05, 4.69) is 77.8 Å². The van der Waals surface area contributed by atoms with Gasteiger partial charge in [0.15, 0.2) is 0 Å². The van der Waals surface area contributed by atoms with Crippen LogP contribution >= 0.6 is 0 Å². The van der Waals surface area contributed by atoms with Gasteiger partial charge >= 0.3 is 0 Å². The molecule has 0 aliphatic rings. The molecule has 1 rings (SSSR count). The molecule has 2 unspecified atom stereocenters. The van der Waals surface area contributed by atoms with Gasteiger partial charge in [-0.05, 0) is 42.9 Å². The average molecular weight is 290 g/mol. The summed E-state index contributed by atoms with van der Waals surface area (Å²) in [4.78, 5) is 2.37. The highest BCUT2D eigenvalue weighted by Crippen LogP contribution is 2.24. The lowest BCUT2D eigenvalue weighted by Crippen LogP contribution is -2.42. The zero-order valence-corrected chi connectivity index (χ0v) is 15.0. The van der Waals surface area contributed by atoms with E-state index in [1.165, 1.54) is 11.1 Å². The molecule has 0 aliphatic carbocycles. The van der Waals surface area contributed by atoms with Crippen molar-refractivity contribution in [1.29, 1.82) is 0 Å². The summed E-state index contributed by atoms with van der Waals surface area (Å²) in [6.45, 7) is 14.5. The normalized spacial score (nSPS) is 15.5. The third kappa shape index (κ3) is 5.80. The molecule has 2 nitrogen and oxygen atoms in total. The van der Waals surface area contributed by atoms with Crippen molar-refractivity contribution in [3.63, 3.8) is 0 Å². The Labute approximate surface area is 131 Å². The van der Waals surface area contributed by atoms with E-state index < -0.39 is 0 Å². The molecule has 1 aromatic rings.